The monoisotopic (exact) mass is 222 g/mol. The van der Waals surface area contributed by atoms with Gasteiger partial charge in [-0.05, 0) is 37.8 Å². The van der Waals surface area contributed by atoms with E-state index in [4.69, 9.17) is 10.5 Å². The number of ether oxygens (including phenoxy) is 1. The maximum atomic E-state index is 9.47. The van der Waals surface area contributed by atoms with E-state index in [0.717, 1.165) is 37.1 Å². The van der Waals surface area contributed by atoms with E-state index in [9.17, 15) is 5.11 Å². The van der Waals surface area contributed by atoms with Crippen LogP contribution in [0, 0.1) is 0 Å². The first-order valence-corrected chi connectivity index (χ1v) is 5.61. The Kier molecular flexibility index (Phi) is 3.12. The van der Waals surface area contributed by atoms with Crippen molar-refractivity contribution in [2.75, 3.05) is 7.11 Å². The Hall–Kier alpha value is -1.13. The van der Waals surface area contributed by atoms with Crippen LogP contribution in [-0.4, -0.2) is 23.3 Å². The van der Waals surface area contributed by atoms with Gasteiger partial charge in [0, 0.05) is 0 Å². The molecule has 1 aliphatic carbocycles. The molecule has 3 N–H and O–H groups in total. The number of pyridine rings is 1. The van der Waals surface area contributed by atoms with Crippen LogP contribution in [0.1, 0.15) is 31.4 Å². The van der Waals surface area contributed by atoms with Crippen LogP contribution < -0.4 is 10.5 Å². The minimum absolute atomic E-state index is 0.199. The Morgan fingerprint density at radius 2 is 2.12 bits per heavy atom. The summed E-state index contributed by atoms with van der Waals surface area (Å²) in [5, 5.41) is 9.47. The average Bonchev–Trinajstić information content (AvgIpc) is 2.33. The molecule has 1 aromatic heterocycles. The molecule has 16 heavy (non-hydrogen) atoms. The van der Waals surface area contributed by atoms with E-state index in [1.165, 1.54) is 0 Å². The van der Waals surface area contributed by atoms with E-state index in [2.05, 4.69) is 4.98 Å². The van der Waals surface area contributed by atoms with Crippen LogP contribution in [0.5, 0.6) is 5.75 Å². The second-order valence-corrected chi connectivity index (χ2v) is 4.47. The molecule has 1 fully saturated rings. The van der Waals surface area contributed by atoms with Crippen molar-refractivity contribution < 1.29 is 9.84 Å². The van der Waals surface area contributed by atoms with E-state index in [0.29, 0.717) is 0 Å². The van der Waals surface area contributed by atoms with E-state index in [1.54, 1.807) is 13.3 Å². The van der Waals surface area contributed by atoms with Crippen molar-refractivity contribution in [3.63, 3.8) is 0 Å². The number of aliphatic hydroxyl groups is 1. The zero-order valence-electron chi connectivity index (χ0n) is 9.52. The molecule has 0 saturated heterocycles. The topological polar surface area (TPSA) is 68.4 Å². The van der Waals surface area contributed by atoms with Crippen LogP contribution in [0.3, 0.4) is 0 Å². The molecule has 0 bridgehead atoms. The van der Waals surface area contributed by atoms with Gasteiger partial charge in [0.15, 0.2) is 0 Å². The van der Waals surface area contributed by atoms with E-state index in [1.807, 2.05) is 12.1 Å². The fraction of sp³-hybridized carbons (Fsp3) is 0.583. The number of nitrogens with zero attached hydrogens (tertiary/aromatic N) is 1. The summed E-state index contributed by atoms with van der Waals surface area (Å²) in [5.74, 6) is 0.739. The number of hydrogen-bond acceptors (Lipinski definition) is 4. The largest absolute Gasteiger partial charge is 0.495 e. The van der Waals surface area contributed by atoms with Crippen LogP contribution in [0.15, 0.2) is 18.3 Å². The van der Waals surface area contributed by atoms with Crippen molar-refractivity contribution >= 4 is 0 Å². The molecule has 0 atom stereocenters. The van der Waals surface area contributed by atoms with Crippen LogP contribution >= 0.6 is 0 Å². The summed E-state index contributed by atoms with van der Waals surface area (Å²) in [7, 11) is 1.62. The Bertz CT molecular complexity index is 343. The summed E-state index contributed by atoms with van der Waals surface area (Å²) in [5.41, 5.74) is 6.83. The average molecular weight is 222 g/mol. The summed E-state index contributed by atoms with van der Waals surface area (Å²) in [6.07, 6.45) is 4.57. The first-order valence-electron chi connectivity index (χ1n) is 5.61. The lowest BCUT2D eigenvalue weighted by atomic mass is 9.79. The molecule has 0 radical (unpaired) electrons. The van der Waals surface area contributed by atoms with Gasteiger partial charge in [-0.25, -0.2) is 0 Å². The van der Waals surface area contributed by atoms with Crippen LogP contribution in [-0.2, 0) is 5.54 Å². The molecule has 1 saturated carbocycles. The third-order valence-corrected chi connectivity index (χ3v) is 3.33. The lowest BCUT2D eigenvalue weighted by Crippen LogP contribution is -2.42. The van der Waals surface area contributed by atoms with E-state index < -0.39 is 0 Å². The predicted octanol–water partition coefficient (Wildman–Crippen LogP) is 1.18. The highest BCUT2D eigenvalue weighted by molar-refractivity contribution is 5.24. The highest BCUT2D eigenvalue weighted by Gasteiger charge is 2.33. The highest BCUT2D eigenvalue weighted by Crippen LogP contribution is 2.34. The van der Waals surface area contributed by atoms with Gasteiger partial charge in [-0.1, -0.05) is 0 Å². The molecule has 0 unspecified atom stereocenters. The molecule has 0 amide bonds. The van der Waals surface area contributed by atoms with Gasteiger partial charge in [0.1, 0.15) is 5.75 Å². The summed E-state index contributed by atoms with van der Waals surface area (Å²) in [4.78, 5) is 4.34. The molecule has 1 aromatic rings. The molecule has 4 heteroatoms. The molecule has 0 aliphatic heterocycles. The van der Waals surface area contributed by atoms with Gasteiger partial charge in [-0.3, -0.25) is 4.98 Å². The zero-order valence-corrected chi connectivity index (χ0v) is 9.52. The van der Waals surface area contributed by atoms with Crippen LogP contribution in [0.25, 0.3) is 0 Å². The smallest absolute Gasteiger partial charge is 0.137 e. The summed E-state index contributed by atoms with van der Waals surface area (Å²) >= 11 is 0. The van der Waals surface area contributed by atoms with Gasteiger partial charge in [0.25, 0.3) is 0 Å². The van der Waals surface area contributed by atoms with Gasteiger partial charge < -0.3 is 15.6 Å². The molecule has 1 aliphatic rings. The molecule has 0 spiro atoms. The number of aliphatic hydroxyl groups excluding tert-OH is 1. The summed E-state index contributed by atoms with van der Waals surface area (Å²) in [6.45, 7) is 0. The minimum atomic E-state index is -0.383. The first-order chi connectivity index (χ1) is 7.64. The van der Waals surface area contributed by atoms with Crippen molar-refractivity contribution in [1.82, 2.24) is 4.98 Å². The van der Waals surface area contributed by atoms with Crippen LogP contribution in [0.4, 0.5) is 0 Å². The second kappa shape index (κ2) is 4.39. The zero-order chi connectivity index (χ0) is 11.6. The molecule has 2 rings (SSSR count). The van der Waals surface area contributed by atoms with Gasteiger partial charge in [-0.15, -0.1) is 0 Å². The number of hydrogen-bond donors (Lipinski definition) is 2. The van der Waals surface area contributed by atoms with E-state index in [-0.39, 0.29) is 11.6 Å². The van der Waals surface area contributed by atoms with Gasteiger partial charge in [0.2, 0.25) is 0 Å². The second-order valence-electron chi connectivity index (χ2n) is 4.47. The maximum absolute atomic E-state index is 9.47. The fourth-order valence-electron chi connectivity index (χ4n) is 2.17. The Balaban J connectivity index is 2.16. The third kappa shape index (κ3) is 2.18. The Labute approximate surface area is 95.4 Å². The third-order valence-electron chi connectivity index (χ3n) is 3.33. The number of aromatic nitrogens is 1. The van der Waals surface area contributed by atoms with Gasteiger partial charge >= 0.3 is 0 Å². The molecule has 88 valence electrons. The first kappa shape index (κ1) is 11.4. The molecular formula is C12H18N2O2. The summed E-state index contributed by atoms with van der Waals surface area (Å²) in [6, 6.07) is 3.79. The standard InChI is InChI=1S/C12H18N2O2/c1-16-10-2-3-11(14-8-10)12(13)6-4-9(15)5-7-12/h2-3,8-9,15H,4-7,13H2,1H3. The van der Waals surface area contributed by atoms with Crippen molar-refractivity contribution in [3.8, 4) is 5.75 Å². The highest BCUT2D eigenvalue weighted by atomic mass is 16.5. The minimum Gasteiger partial charge on any atom is -0.495 e. The lowest BCUT2D eigenvalue weighted by Gasteiger charge is -2.35. The normalized spacial score (nSPS) is 30.1. The van der Waals surface area contributed by atoms with Crippen molar-refractivity contribution in [2.24, 2.45) is 5.73 Å². The number of rotatable bonds is 2. The maximum Gasteiger partial charge on any atom is 0.137 e. The molecule has 4 nitrogen and oxygen atoms in total. The molecular weight excluding hydrogens is 204 g/mol. The number of nitrogens with two attached hydrogens (primary N) is 1. The lowest BCUT2D eigenvalue weighted by molar-refractivity contribution is 0.0956. The molecule has 1 heterocycles. The van der Waals surface area contributed by atoms with Crippen molar-refractivity contribution in [1.29, 1.82) is 0 Å². The fourth-order valence-corrected chi connectivity index (χ4v) is 2.17. The Morgan fingerprint density at radius 3 is 2.62 bits per heavy atom. The van der Waals surface area contributed by atoms with Gasteiger partial charge in [-0.2, -0.15) is 0 Å². The van der Waals surface area contributed by atoms with Gasteiger partial charge in [0.05, 0.1) is 30.6 Å². The molecule has 0 aromatic carbocycles. The summed E-state index contributed by atoms with van der Waals surface area (Å²) < 4.78 is 5.06. The van der Waals surface area contributed by atoms with Crippen molar-refractivity contribution in [3.05, 3.63) is 24.0 Å². The SMILES string of the molecule is COc1ccc(C2(N)CCC(O)CC2)nc1. The van der Waals surface area contributed by atoms with E-state index >= 15 is 0 Å². The number of methoxy groups -OCH3 is 1. The Morgan fingerprint density at radius 1 is 1.44 bits per heavy atom. The quantitative estimate of drug-likeness (QED) is 0.788. The van der Waals surface area contributed by atoms with Crippen molar-refractivity contribution in [2.45, 2.75) is 37.3 Å². The van der Waals surface area contributed by atoms with Crippen LogP contribution in [0.2, 0.25) is 0 Å². The predicted molar refractivity (Wildman–Crippen MR) is 61.1 cm³/mol.